The minimum atomic E-state index is -1.12. The maximum Gasteiger partial charge on any atom is 0.311 e. The Morgan fingerprint density at radius 2 is 1.67 bits per heavy atom. The van der Waals surface area contributed by atoms with E-state index >= 15 is 0 Å². The van der Waals surface area contributed by atoms with Gasteiger partial charge in [-0.15, -0.1) is 0 Å². The zero-order valence-electron chi connectivity index (χ0n) is 17.1. The first-order valence-corrected chi connectivity index (χ1v) is 10.9. The molecule has 0 spiro atoms. The van der Waals surface area contributed by atoms with Crippen molar-refractivity contribution < 1.29 is 14.7 Å². The predicted molar refractivity (Wildman–Crippen MR) is 112 cm³/mol. The van der Waals surface area contributed by atoms with Gasteiger partial charge in [-0.2, -0.15) is 11.3 Å². The van der Waals surface area contributed by atoms with Crippen molar-refractivity contribution in [2.75, 3.05) is 6.54 Å². The van der Waals surface area contributed by atoms with E-state index in [4.69, 9.17) is 5.73 Å². The van der Waals surface area contributed by atoms with Crippen LogP contribution in [0.3, 0.4) is 0 Å². The van der Waals surface area contributed by atoms with Gasteiger partial charge in [-0.1, -0.05) is 32.1 Å². The highest BCUT2D eigenvalue weighted by Gasteiger charge is 2.46. The van der Waals surface area contributed by atoms with Gasteiger partial charge in [0.15, 0.2) is 0 Å². The van der Waals surface area contributed by atoms with Crippen molar-refractivity contribution in [2.45, 2.75) is 84.1 Å². The van der Waals surface area contributed by atoms with Gasteiger partial charge in [0.2, 0.25) is 5.91 Å². The van der Waals surface area contributed by atoms with Gasteiger partial charge < -0.3 is 16.2 Å². The lowest BCUT2D eigenvalue weighted by atomic mass is 9.73. The molecular weight excluding hydrogens is 360 g/mol. The van der Waals surface area contributed by atoms with Gasteiger partial charge in [0.25, 0.3) is 0 Å². The third-order valence-corrected chi connectivity index (χ3v) is 6.42. The van der Waals surface area contributed by atoms with Crippen LogP contribution in [0.25, 0.3) is 0 Å². The lowest BCUT2D eigenvalue weighted by molar-refractivity contribution is -0.152. The Morgan fingerprint density at radius 1 is 1.07 bits per heavy atom. The monoisotopic (exact) mass is 396 g/mol. The molecule has 0 fully saturated rings. The van der Waals surface area contributed by atoms with Gasteiger partial charge in [0.05, 0.1) is 11.0 Å². The lowest BCUT2D eigenvalue weighted by Crippen LogP contribution is -2.63. The number of nitrogens with two attached hydrogens (primary N) is 1. The molecule has 0 aliphatic carbocycles. The molecule has 0 saturated heterocycles. The molecular formula is C21H36N2O3S. The van der Waals surface area contributed by atoms with E-state index in [9.17, 15) is 14.7 Å². The summed E-state index contributed by atoms with van der Waals surface area (Å²) in [5, 5.41) is 16.6. The highest BCUT2D eigenvalue weighted by atomic mass is 32.1. The molecule has 5 nitrogen and oxygen atoms in total. The molecule has 0 radical (unpaired) electrons. The molecule has 6 heteroatoms. The van der Waals surface area contributed by atoms with Crippen LogP contribution in [0.1, 0.15) is 77.7 Å². The molecule has 154 valence electrons. The van der Waals surface area contributed by atoms with Gasteiger partial charge in [-0.25, -0.2) is 0 Å². The smallest absolute Gasteiger partial charge is 0.311 e. The maximum absolute atomic E-state index is 12.2. The molecule has 1 amide bonds. The number of thiophene rings is 1. The number of hydrogen-bond acceptors (Lipinski definition) is 4. The van der Waals surface area contributed by atoms with Crippen molar-refractivity contribution >= 4 is 23.2 Å². The topological polar surface area (TPSA) is 92.4 Å². The normalized spacial score (nSPS) is 13.9. The molecule has 0 aromatic carbocycles. The molecule has 0 aliphatic rings. The number of unbranched alkanes of at least 4 members (excludes halogenated alkanes) is 6. The highest BCUT2D eigenvalue weighted by Crippen LogP contribution is 2.30. The minimum Gasteiger partial charge on any atom is -0.481 e. The molecule has 27 heavy (non-hydrogen) atoms. The number of carbonyl (C=O) groups is 2. The van der Waals surface area contributed by atoms with E-state index in [1.54, 1.807) is 32.1 Å². The number of carbonyl (C=O) groups excluding carboxylic acids is 1. The molecule has 0 aliphatic heterocycles. The molecule has 1 atom stereocenters. The molecule has 1 rings (SSSR count). The summed E-state index contributed by atoms with van der Waals surface area (Å²) in [6.45, 7) is 4.99. The van der Waals surface area contributed by atoms with Crippen LogP contribution in [0, 0.1) is 5.41 Å². The quantitative estimate of drug-likeness (QED) is 0.407. The lowest BCUT2D eigenvalue weighted by Gasteiger charge is -2.41. The first kappa shape index (κ1) is 23.6. The van der Waals surface area contributed by atoms with Crippen LogP contribution in [-0.2, 0) is 16.0 Å². The third kappa shape index (κ3) is 7.62. The summed E-state index contributed by atoms with van der Waals surface area (Å²) >= 11 is 1.76. The Bertz CT molecular complexity index is 572. The SMILES string of the molecule is CC(CN)(NC(=O)CCCCCCCCCc1ccsc1)C(C)(C)C(=O)O. The summed E-state index contributed by atoms with van der Waals surface area (Å²) in [6.07, 6.45) is 9.55. The number of carboxylic acid groups (broad SMARTS) is 1. The highest BCUT2D eigenvalue weighted by molar-refractivity contribution is 7.07. The van der Waals surface area contributed by atoms with E-state index in [2.05, 4.69) is 22.1 Å². The largest absolute Gasteiger partial charge is 0.481 e. The van der Waals surface area contributed by atoms with Gasteiger partial charge in [-0.3, -0.25) is 9.59 Å². The van der Waals surface area contributed by atoms with E-state index in [0.29, 0.717) is 6.42 Å². The number of rotatable bonds is 14. The number of nitrogens with one attached hydrogen (secondary N) is 1. The van der Waals surface area contributed by atoms with Gasteiger partial charge in [0.1, 0.15) is 0 Å². The van der Waals surface area contributed by atoms with E-state index in [0.717, 1.165) is 19.3 Å². The Balaban J connectivity index is 2.13. The van der Waals surface area contributed by atoms with Crippen LogP contribution < -0.4 is 11.1 Å². The summed E-state index contributed by atoms with van der Waals surface area (Å²) in [5.41, 5.74) is 5.13. The molecule has 4 N–H and O–H groups in total. The molecule has 1 heterocycles. The van der Waals surface area contributed by atoms with Crippen LogP contribution in [0.2, 0.25) is 0 Å². The van der Waals surface area contributed by atoms with Crippen molar-refractivity contribution in [3.63, 3.8) is 0 Å². The third-order valence-electron chi connectivity index (χ3n) is 5.69. The summed E-state index contributed by atoms with van der Waals surface area (Å²) in [5.74, 6) is -1.08. The average Bonchev–Trinajstić information content (AvgIpc) is 3.13. The fourth-order valence-corrected chi connectivity index (χ4v) is 3.71. The first-order chi connectivity index (χ1) is 12.7. The van der Waals surface area contributed by atoms with Crippen LogP contribution in [0.5, 0.6) is 0 Å². The second kappa shape index (κ2) is 11.4. The number of carboxylic acids is 1. The molecule has 1 aromatic heterocycles. The van der Waals surface area contributed by atoms with Gasteiger partial charge in [-0.05, 0) is 62.4 Å². The Morgan fingerprint density at radius 3 is 2.19 bits per heavy atom. The zero-order chi connectivity index (χ0) is 20.3. The second-order valence-electron chi connectivity index (χ2n) is 8.12. The van der Waals surface area contributed by atoms with Gasteiger partial charge in [0, 0.05) is 13.0 Å². The number of aliphatic carboxylic acids is 1. The Kier molecular flexibility index (Phi) is 10.0. The van der Waals surface area contributed by atoms with Crippen molar-refractivity contribution in [3.8, 4) is 0 Å². The maximum atomic E-state index is 12.2. The molecule has 0 saturated carbocycles. The molecule has 1 unspecified atom stereocenters. The van der Waals surface area contributed by atoms with Crippen molar-refractivity contribution in [1.82, 2.24) is 5.32 Å². The van der Waals surface area contributed by atoms with Crippen molar-refractivity contribution in [2.24, 2.45) is 11.1 Å². The van der Waals surface area contributed by atoms with Crippen molar-refractivity contribution in [3.05, 3.63) is 22.4 Å². The van der Waals surface area contributed by atoms with E-state index in [1.807, 2.05) is 0 Å². The average molecular weight is 397 g/mol. The van der Waals surface area contributed by atoms with Crippen LogP contribution >= 0.6 is 11.3 Å². The van der Waals surface area contributed by atoms with E-state index in [-0.39, 0.29) is 12.5 Å². The van der Waals surface area contributed by atoms with Crippen LogP contribution in [0.15, 0.2) is 16.8 Å². The molecule has 1 aromatic rings. The Labute approximate surface area is 167 Å². The minimum absolute atomic E-state index is 0.0867. The fourth-order valence-electron chi connectivity index (χ4n) is 3.00. The second-order valence-corrected chi connectivity index (χ2v) is 8.90. The number of hydrogen-bond donors (Lipinski definition) is 3. The van der Waals surface area contributed by atoms with Crippen molar-refractivity contribution in [1.29, 1.82) is 0 Å². The van der Waals surface area contributed by atoms with E-state index in [1.165, 1.54) is 37.7 Å². The first-order valence-electron chi connectivity index (χ1n) is 9.98. The van der Waals surface area contributed by atoms with Crippen LogP contribution in [0.4, 0.5) is 0 Å². The zero-order valence-corrected chi connectivity index (χ0v) is 17.9. The summed E-state index contributed by atoms with van der Waals surface area (Å²) in [6, 6.07) is 2.20. The predicted octanol–water partition coefficient (Wildman–Crippen LogP) is 4.36. The summed E-state index contributed by atoms with van der Waals surface area (Å²) in [4.78, 5) is 23.7. The summed E-state index contributed by atoms with van der Waals surface area (Å²) < 4.78 is 0. The fraction of sp³-hybridized carbons (Fsp3) is 0.714. The number of aryl methyl sites for hydroxylation is 1. The molecule has 0 bridgehead atoms. The van der Waals surface area contributed by atoms with Crippen LogP contribution in [-0.4, -0.2) is 29.1 Å². The summed E-state index contributed by atoms with van der Waals surface area (Å²) in [7, 11) is 0. The van der Waals surface area contributed by atoms with Gasteiger partial charge >= 0.3 is 5.97 Å². The standard InChI is InChI=1S/C21H36N2O3S/c1-20(2,19(25)26)21(3,16-22)23-18(24)12-10-8-6-4-5-7-9-11-17-13-14-27-15-17/h13-15H,4-12,16,22H2,1-3H3,(H,23,24)(H,25,26). The number of amides is 1. The Hall–Kier alpha value is -1.40. The van der Waals surface area contributed by atoms with E-state index < -0.39 is 16.9 Å².